The molecule has 6 rings (SSSR count). The quantitative estimate of drug-likeness (QED) is 0.630. The van der Waals surface area contributed by atoms with Gasteiger partial charge in [-0.1, -0.05) is 6.42 Å². The molecule has 2 heterocycles. The zero-order valence-corrected chi connectivity index (χ0v) is 19.7. The molecule has 1 amide bonds. The Morgan fingerprint density at radius 2 is 1.94 bits per heavy atom. The molecule has 33 heavy (non-hydrogen) atoms. The van der Waals surface area contributed by atoms with Gasteiger partial charge < -0.3 is 20.5 Å². The number of carbonyl (C=O) groups excluding carboxylic acids is 1. The van der Waals surface area contributed by atoms with Crippen LogP contribution in [0.5, 0.6) is 0 Å². The molecule has 7 nitrogen and oxygen atoms in total. The van der Waals surface area contributed by atoms with E-state index in [2.05, 4.69) is 15.2 Å². The summed E-state index contributed by atoms with van der Waals surface area (Å²) in [5.74, 6) is 2.22. The molecule has 8 atom stereocenters. The Morgan fingerprint density at radius 3 is 2.85 bits per heavy atom. The van der Waals surface area contributed by atoms with Gasteiger partial charge in [0, 0.05) is 30.9 Å². The van der Waals surface area contributed by atoms with Gasteiger partial charge in [-0.3, -0.25) is 9.69 Å². The van der Waals surface area contributed by atoms with Crippen molar-refractivity contribution in [3.8, 4) is 0 Å². The topological polar surface area (TPSA) is 89.2 Å². The average molecular weight is 457 g/mol. The number of hydrogen-bond donors (Lipinski definition) is 2. The molecule has 1 saturated heterocycles. The SMILES string of the molecule is NC(=O)C1CC2CC3CC4OC/C=C\N/C=C\N=COC5CCCC5CCCCN4C(C2)C31. The minimum absolute atomic E-state index is 0.0513. The Kier molecular flexibility index (Phi) is 7.36. The fraction of sp³-hybridized carbons (Fsp3) is 0.769. The highest BCUT2D eigenvalue weighted by atomic mass is 16.5. The van der Waals surface area contributed by atoms with E-state index in [1.165, 1.54) is 38.5 Å². The molecule has 7 heteroatoms. The van der Waals surface area contributed by atoms with Gasteiger partial charge >= 0.3 is 0 Å². The van der Waals surface area contributed by atoms with Gasteiger partial charge in [-0.25, -0.2) is 4.99 Å². The Hall–Kier alpha value is -1.86. The number of ether oxygens (including phenoxy) is 2. The van der Waals surface area contributed by atoms with Gasteiger partial charge in [0.2, 0.25) is 5.91 Å². The number of hydrogen-bond acceptors (Lipinski definition) is 6. The maximum Gasteiger partial charge on any atom is 0.220 e. The molecule has 182 valence electrons. The van der Waals surface area contributed by atoms with E-state index in [1.54, 1.807) is 18.8 Å². The second kappa shape index (κ2) is 10.6. The van der Waals surface area contributed by atoms with E-state index in [9.17, 15) is 4.79 Å². The Balaban J connectivity index is 1.29. The van der Waals surface area contributed by atoms with Crippen LogP contribution < -0.4 is 11.1 Å². The van der Waals surface area contributed by atoms with Gasteiger partial charge in [-0.15, -0.1) is 0 Å². The number of rotatable bonds is 1. The maximum atomic E-state index is 12.3. The van der Waals surface area contributed by atoms with Crippen LogP contribution in [-0.4, -0.2) is 48.7 Å². The molecule has 0 aromatic carbocycles. The van der Waals surface area contributed by atoms with Gasteiger partial charge in [-0.05, 0) is 93.7 Å². The number of fused-ring (bicyclic) bond motifs is 3. The summed E-state index contributed by atoms with van der Waals surface area (Å²) < 4.78 is 12.4. The van der Waals surface area contributed by atoms with Gasteiger partial charge in [0.15, 0.2) is 6.40 Å². The number of aliphatic imine (C=N–C) groups is 1. The summed E-state index contributed by atoms with van der Waals surface area (Å²) in [5.41, 5.74) is 5.87. The third-order valence-electron chi connectivity index (χ3n) is 8.90. The van der Waals surface area contributed by atoms with Crippen LogP contribution in [0, 0.1) is 29.6 Å². The van der Waals surface area contributed by atoms with Gasteiger partial charge in [0.1, 0.15) is 12.3 Å². The zero-order chi connectivity index (χ0) is 22.6. The largest absolute Gasteiger partial charge is 0.480 e. The van der Waals surface area contributed by atoms with Gasteiger partial charge in [0.05, 0.1) is 6.61 Å². The third kappa shape index (κ3) is 5.14. The normalized spacial score (nSPS) is 43.8. The lowest BCUT2D eigenvalue weighted by Gasteiger charge is -2.60. The lowest BCUT2D eigenvalue weighted by Crippen LogP contribution is -2.64. The number of nitrogens with zero attached hydrogens (tertiary/aromatic N) is 2. The van der Waals surface area contributed by atoms with Crippen LogP contribution in [-0.2, 0) is 14.3 Å². The van der Waals surface area contributed by atoms with E-state index in [1.807, 2.05) is 12.3 Å². The minimum Gasteiger partial charge on any atom is -0.480 e. The summed E-state index contributed by atoms with van der Waals surface area (Å²) >= 11 is 0. The van der Waals surface area contributed by atoms with Crippen LogP contribution in [0.1, 0.15) is 64.2 Å². The number of nitrogens with two attached hydrogens (primary N) is 1. The van der Waals surface area contributed by atoms with Crippen LogP contribution in [0.4, 0.5) is 0 Å². The van der Waals surface area contributed by atoms with E-state index >= 15 is 0 Å². The van der Waals surface area contributed by atoms with E-state index in [0.717, 1.165) is 32.2 Å². The maximum absolute atomic E-state index is 12.3. The van der Waals surface area contributed by atoms with Crippen LogP contribution in [0.3, 0.4) is 0 Å². The number of piperidine rings is 1. The minimum atomic E-state index is -0.0852. The van der Waals surface area contributed by atoms with Crippen molar-refractivity contribution in [1.82, 2.24) is 10.2 Å². The van der Waals surface area contributed by atoms with Crippen molar-refractivity contribution < 1.29 is 14.3 Å². The first-order valence-electron chi connectivity index (χ1n) is 13.1. The summed E-state index contributed by atoms with van der Waals surface area (Å²) in [7, 11) is 0. The molecule has 4 aliphatic carbocycles. The molecule has 0 spiro atoms. The lowest BCUT2D eigenvalue weighted by molar-refractivity contribution is -0.185. The van der Waals surface area contributed by atoms with Crippen molar-refractivity contribution >= 4 is 12.3 Å². The van der Waals surface area contributed by atoms with Crippen molar-refractivity contribution in [3.63, 3.8) is 0 Å². The highest BCUT2D eigenvalue weighted by molar-refractivity contribution is 5.77. The first-order chi connectivity index (χ1) is 16.2. The number of primary amides is 1. The highest BCUT2D eigenvalue weighted by Gasteiger charge is 2.55. The van der Waals surface area contributed by atoms with Crippen molar-refractivity contribution in [1.29, 1.82) is 0 Å². The number of nitrogens with one attached hydrogen (secondary N) is 1. The molecule has 3 N–H and O–H groups in total. The standard InChI is InChI=1S/C26H40N4O3/c27-26(31)21-14-18-13-20-16-24-30(22(15-18)25(20)21)11-2-1-5-19-6-3-7-23(19)33-17-29-10-9-28-8-4-12-32-24/h4,8-10,17-25,28H,1-3,5-7,11-16H2,(H2,27,31)/b8-4-,10-9-,29-17?. The van der Waals surface area contributed by atoms with E-state index in [-0.39, 0.29) is 18.1 Å². The van der Waals surface area contributed by atoms with E-state index in [0.29, 0.717) is 42.4 Å². The first-order valence-corrected chi connectivity index (χ1v) is 13.1. The second-order valence-electron chi connectivity index (χ2n) is 10.7. The smallest absolute Gasteiger partial charge is 0.220 e. The monoisotopic (exact) mass is 456 g/mol. The van der Waals surface area contributed by atoms with Crippen molar-refractivity contribution in [2.75, 3.05) is 13.2 Å². The van der Waals surface area contributed by atoms with Gasteiger partial charge in [0.25, 0.3) is 0 Å². The van der Waals surface area contributed by atoms with Crippen LogP contribution >= 0.6 is 0 Å². The van der Waals surface area contributed by atoms with Gasteiger partial charge in [-0.2, -0.15) is 0 Å². The molecule has 2 aliphatic heterocycles. The molecule has 5 fully saturated rings. The second-order valence-corrected chi connectivity index (χ2v) is 10.7. The average Bonchev–Trinajstić information content (AvgIpc) is 3.25. The van der Waals surface area contributed by atoms with Crippen LogP contribution in [0.25, 0.3) is 0 Å². The third-order valence-corrected chi connectivity index (χ3v) is 8.90. The fourth-order valence-corrected chi connectivity index (χ4v) is 7.58. The fourth-order valence-electron chi connectivity index (χ4n) is 7.58. The predicted molar refractivity (Wildman–Crippen MR) is 128 cm³/mol. The Bertz CT molecular complexity index is 769. The molecule has 0 aromatic heterocycles. The summed E-state index contributed by atoms with van der Waals surface area (Å²) in [5, 5.41) is 3.11. The van der Waals surface area contributed by atoms with E-state index < -0.39 is 0 Å². The molecule has 4 bridgehead atoms. The molecule has 4 saturated carbocycles. The Morgan fingerprint density at radius 1 is 1.03 bits per heavy atom. The number of carbonyl (C=O) groups is 1. The zero-order valence-electron chi connectivity index (χ0n) is 19.7. The molecule has 0 aromatic rings. The number of amides is 1. The molecular formula is C26H40N4O3. The van der Waals surface area contributed by atoms with Crippen molar-refractivity contribution in [2.45, 2.75) is 82.6 Å². The molecule has 0 radical (unpaired) electrons. The molecular weight excluding hydrogens is 416 g/mol. The first kappa shape index (κ1) is 22.9. The van der Waals surface area contributed by atoms with Crippen molar-refractivity contribution in [2.24, 2.45) is 40.3 Å². The summed E-state index contributed by atoms with van der Waals surface area (Å²) in [6.45, 7) is 1.62. The summed E-state index contributed by atoms with van der Waals surface area (Å²) in [6.07, 6.45) is 21.1. The highest BCUT2D eigenvalue weighted by Crippen LogP contribution is 2.55. The van der Waals surface area contributed by atoms with Crippen LogP contribution in [0.15, 0.2) is 29.7 Å². The molecule has 8 unspecified atom stereocenters. The Labute approximate surface area is 197 Å². The molecule has 6 aliphatic rings. The van der Waals surface area contributed by atoms with Crippen molar-refractivity contribution in [3.05, 3.63) is 24.7 Å². The lowest BCUT2D eigenvalue weighted by atomic mass is 9.54. The summed E-state index contributed by atoms with van der Waals surface area (Å²) in [6, 6.07) is 0.438. The van der Waals surface area contributed by atoms with Crippen LogP contribution in [0.2, 0.25) is 0 Å². The predicted octanol–water partition coefficient (Wildman–Crippen LogP) is 3.52. The summed E-state index contributed by atoms with van der Waals surface area (Å²) in [4.78, 5) is 19.1. The van der Waals surface area contributed by atoms with E-state index in [4.69, 9.17) is 15.2 Å².